The lowest BCUT2D eigenvalue weighted by Crippen LogP contribution is -1.97. The molecule has 0 saturated heterocycles. The van der Waals surface area contributed by atoms with Gasteiger partial charge in [-0.3, -0.25) is 0 Å². The summed E-state index contributed by atoms with van der Waals surface area (Å²) in [5.41, 5.74) is 3.09. The molecule has 3 aromatic carbocycles. The average molecular weight is 440 g/mol. The van der Waals surface area contributed by atoms with Crippen molar-refractivity contribution in [1.29, 1.82) is 0 Å². The Kier molecular flexibility index (Phi) is 7.40. The van der Waals surface area contributed by atoms with Gasteiger partial charge in [-0.15, -0.1) is 0 Å². The van der Waals surface area contributed by atoms with Gasteiger partial charge in [-0.05, 0) is 41.5 Å². The number of nitrogens with zero attached hydrogens (tertiary/aromatic N) is 1. The summed E-state index contributed by atoms with van der Waals surface area (Å²) < 4.78 is 8.39. The van der Waals surface area contributed by atoms with E-state index < -0.39 is 0 Å². The van der Waals surface area contributed by atoms with E-state index >= 15 is 0 Å². The smallest absolute Gasteiger partial charge is 0.151 e. The Labute approximate surface area is 193 Å². The molecule has 4 heteroatoms. The van der Waals surface area contributed by atoms with E-state index in [0.717, 1.165) is 34.4 Å². The zero-order chi connectivity index (χ0) is 23.0. The molecular weight excluding hydrogens is 410 g/mol. The van der Waals surface area contributed by atoms with Crippen molar-refractivity contribution in [2.45, 2.75) is 19.9 Å². The maximum Gasteiger partial charge on any atom is 0.151 e. The van der Waals surface area contributed by atoms with E-state index in [9.17, 15) is 0 Å². The molecule has 0 atom stereocenters. The van der Waals surface area contributed by atoms with Crippen LogP contribution in [-0.2, 0) is 6.54 Å². The van der Waals surface area contributed by atoms with E-state index in [1.165, 1.54) is 16.2 Å². The van der Waals surface area contributed by atoms with Crippen molar-refractivity contribution in [2.75, 3.05) is 13.2 Å². The lowest BCUT2D eigenvalue weighted by atomic mass is 10.1. The van der Waals surface area contributed by atoms with Crippen molar-refractivity contribution in [3.05, 3.63) is 97.1 Å². The molecule has 0 unspecified atom stereocenters. The van der Waals surface area contributed by atoms with Gasteiger partial charge in [0.2, 0.25) is 0 Å². The van der Waals surface area contributed by atoms with Gasteiger partial charge in [-0.25, -0.2) is 0 Å². The molecule has 0 bridgehead atoms. The van der Waals surface area contributed by atoms with Crippen LogP contribution in [0.5, 0.6) is 0 Å². The third-order valence-corrected chi connectivity index (χ3v) is 5.56. The first-order valence-corrected chi connectivity index (χ1v) is 11.3. The van der Waals surface area contributed by atoms with Gasteiger partial charge in [-0.1, -0.05) is 79.8 Å². The minimum atomic E-state index is 0.0438. The second-order valence-electron chi connectivity index (χ2n) is 7.72. The molecule has 0 aliphatic rings. The minimum Gasteiger partial charge on any atom is -0.455 e. The molecule has 0 radical (unpaired) electrons. The van der Waals surface area contributed by atoms with E-state index in [4.69, 9.17) is 14.6 Å². The van der Waals surface area contributed by atoms with Gasteiger partial charge in [0.25, 0.3) is 0 Å². The Morgan fingerprint density at radius 2 is 1.48 bits per heavy atom. The highest BCUT2D eigenvalue weighted by Gasteiger charge is 2.15. The second kappa shape index (κ2) is 10.8. The van der Waals surface area contributed by atoms with Crippen LogP contribution >= 0.6 is 0 Å². The van der Waals surface area contributed by atoms with Crippen LogP contribution in [0.2, 0.25) is 0 Å². The maximum absolute atomic E-state index is 9.12. The Balaban J connectivity index is 0.000000385. The van der Waals surface area contributed by atoms with Gasteiger partial charge in [0.05, 0.1) is 18.9 Å². The number of allylic oxidation sites excluding steroid dienone is 2. The molecule has 0 aliphatic carbocycles. The molecule has 0 saturated carbocycles. The number of para-hydroxylation sites is 1. The van der Waals surface area contributed by atoms with Crippen LogP contribution in [0.25, 0.3) is 44.1 Å². The quantitative estimate of drug-likeness (QED) is 0.289. The summed E-state index contributed by atoms with van der Waals surface area (Å²) in [6.07, 6.45) is 8.44. The first-order valence-electron chi connectivity index (χ1n) is 11.3. The number of fused-ring (bicyclic) bond motifs is 4. The monoisotopic (exact) mass is 439 g/mol. The molecule has 33 heavy (non-hydrogen) atoms. The fraction of sp³-hybridized carbons (Fsp3) is 0.172. The van der Waals surface area contributed by atoms with Crippen molar-refractivity contribution < 1.29 is 14.6 Å². The third kappa shape index (κ3) is 4.92. The fourth-order valence-electron chi connectivity index (χ4n) is 4.02. The molecule has 168 valence electrons. The molecule has 2 aromatic heterocycles. The van der Waals surface area contributed by atoms with Crippen LogP contribution in [0, 0.1) is 0 Å². The Morgan fingerprint density at radius 1 is 0.758 bits per heavy atom. The van der Waals surface area contributed by atoms with E-state index in [-0.39, 0.29) is 13.2 Å². The predicted octanol–water partition coefficient (Wildman–Crippen LogP) is 6.70. The number of rotatable bonds is 6. The number of furan rings is 1. The van der Waals surface area contributed by atoms with Gasteiger partial charge in [0, 0.05) is 22.8 Å². The molecule has 5 rings (SSSR count). The zero-order valence-electron chi connectivity index (χ0n) is 18.8. The van der Waals surface area contributed by atoms with Gasteiger partial charge < -0.3 is 19.2 Å². The number of aliphatic hydroxyl groups excluding tert-OH is 2. The summed E-state index contributed by atoms with van der Waals surface area (Å²) in [7, 11) is 0. The normalized spacial score (nSPS) is 11.7. The van der Waals surface area contributed by atoms with Crippen LogP contribution in [0.15, 0.2) is 102 Å². The van der Waals surface area contributed by atoms with Crippen molar-refractivity contribution in [1.82, 2.24) is 4.57 Å². The lowest BCUT2D eigenvalue weighted by Gasteiger charge is -2.07. The number of aromatic nitrogens is 1. The zero-order valence-corrected chi connectivity index (χ0v) is 18.8. The molecule has 0 fully saturated rings. The molecule has 5 aromatic rings. The second-order valence-corrected chi connectivity index (χ2v) is 7.72. The summed E-state index contributed by atoms with van der Waals surface area (Å²) in [4.78, 5) is 0. The SMILES string of the molecule is CC/C=C\CO.OC/C=C/Cn1c(-c2cc3ccccc3o2)cc2c3ccccc3ccc21. The van der Waals surface area contributed by atoms with Gasteiger partial charge in [0.1, 0.15) is 5.58 Å². The summed E-state index contributed by atoms with van der Waals surface area (Å²) in [5, 5.41) is 22.0. The Morgan fingerprint density at radius 3 is 2.21 bits per heavy atom. The van der Waals surface area contributed by atoms with Crippen LogP contribution < -0.4 is 0 Å². The van der Waals surface area contributed by atoms with Crippen LogP contribution in [0.1, 0.15) is 13.3 Å². The first-order chi connectivity index (χ1) is 16.3. The highest BCUT2D eigenvalue weighted by Crippen LogP contribution is 2.35. The molecular formula is C29H29NO3. The summed E-state index contributed by atoms with van der Waals surface area (Å²) in [5.74, 6) is 0.855. The van der Waals surface area contributed by atoms with Gasteiger partial charge in [-0.2, -0.15) is 0 Å². The Bertz CT molecular complexity index is 1370. The molecule has 0 amide bonds. The van der Waals surface area contributed by atoms with Crippen molar-refractivity contribution in [2.24, 2.45) is 0 Å². The first kappa shape index (κ1) is 22.6. The fourth-order valence-corrected chi connectivity index (χ4v) is 4.02. The number of aliphatic hydroxyl groups is 2. The maximum atomic E-state index is 9.12. The third-order valence-electron chi connectivity index (χ3n) is 5.56. The highest BCUT2D eigenvalue weighted by atomic mass is 16.3. The lowest BCUT2D eigenvalue weighted by molar-refractivity contribution is 0.342. The number of benzene rings is 3. The van der Waals surface area contributed by atoms with Gasteiger partial charge in [0.15, 0.2) is 5.76 Å². The topological polar surface area (TPSA) is 58.5 Å². The summed E-state index contributed by atoms with van der Waals surface area (Å²) >= 11 is 0. The van der Waals surface area contributed by atoms with Gasteiger partial charge >= 0.3 is 0 Å². The predicted molar refractivity (Wildman–Crippen MR) is 137 cm³/mol. The highest BCUT2D eigenvalue weighted by molar-refractivity contribution is 6.08. The van der Waals surface area contributed by atoms with Crippen molar-refractivity contribution in [3.8, 4) is 11.5 Å². The standard InChI is InChI=1S/C24H19NO2.C5H10O/c26-14-6-5-13-25-21-12-11-17-7-1-3-9-19(17)20(21)16-22(25)24-15-18-8-2-4-10-23(18)27-24;1-2-3-4-5-6/h1-12,15-16,26H,13-14H2;3-4,6H,2,5H2,1H3/b6-5+;4-3-. The van der Waals surface area contributed by atoms with Crippen LogP contribution in [-0.4, -0.2) is 28.0 Å². The van der Waals surface area contributed by atoms with E-state index in [0.29, 0.717) is 6.54 Å². The average Bonchev–Trinajstić information content (AvgIpc) is 3.45. The van der Waals surface area contributed by atoms with Crippen molar-refractivity contribution >= 4 is 32.6 Å². The van der Waals surface area contributed by atoms with Crippen LogP contribution in [0.4, 0.5) is 0 Å². The molecule has 0 aliphatic heterocycles. The Hall–Kier alpha value is -3.60. The summed E-state index contributed by atoms with van der Waals surface area (Å²) in [6.45, 7) is 2.93. The molecule has 2 heterocycles. The van der Waals surface area contributed by atoms with E-state index in [1.807, 2.05) is 37.3 Å². The minimum absolute atomic E-state index is 0.0438. The van der Waals surface area contributed by atoms with Crippen molar-refractivity contribution in [3.63, 3.8) is 0 Å². The molecule has 4 nitrogen and oxygen atoms in total. The molecule has 2 N–H and O–H groups in total. The van der Waals surface area contributed by atoms with E-state index in [2.05, 4.69) is 59.2 Å². The molecule has 0 spiro atoms. The number of hydrogen-bond acceptors (Lipinski definition) is 3. The number of hydrogen-bond donors (Lipinski definition) is 2. The van der Waals surface area contributed by atoms with Crippen LogP contribution in [0.3, 0.4) is 0 Å². The summed E-state index contributed by atoms with van der Waals surface area (Å²) in [6, 6.07) is 25.1. The largest absolute Gasteiger partial charge is 0.455 e. The van der Waals surface area contributed by atoms with E-state index in [1.54, 1.807) is 12.2 Å².